The molecule has 140 valence electrons. The van der Waals surface area contributed by atoms with Gasteiger partial charge >= 0.3 is 0 Å². The van der Waals surface area contributed by atoms with Gasteiger partial charge in [0, 0.05) is 29.4 Å². The van der Waals surface area contributed by atoms with Crippen molar-refractivity contribution in [1.82, 2.24) is 24.6 Å². The maximum absolute atomic E-state index is 13.4. The van der Waals surface area contributed by atoms with Crippen LogP contribution in [0.1, 0.15) is 43.6 Å². The van der Waals surface area contributed by atoms with Crippen molar-refractivity contribution in [3.8, 4) is 16.9 Å². The molecule has 27 heavy (non-hydrogen) atoms. The molecule has 1 amide bonds. The van der Waals surface area contributed by atoms with E-state index in [2.05, 4.69) is 15.2 Å². The van der Waals surface area contributed by atoms with Crippen molar-refractivity contribution in [1.29, 1.82) is 0 Å². The Morgan fingerprint density at radius 2 is 1.63 bits per heavy atom. The van der Waals surface area contributed by atoms with E-state index in [-0.39, 0.29) is 18.0 Å². The van der Waals surface area contributed by atoms with Crippen molar-refractivity contribution in [3.05, 3.63) is 60.3 Å². The van der Waals surface area contributed by atoms with Crippen molar-refractivity contribution < 1.29 is 4.79 Å². The molecular weight excluding hydrogens is 338 g/mol. The summed E-state index contributed by atoms with van der Waals surface area (Å²) in [5, 5.41) is 7.77. The minimum absolute atomic E-state index is 0.0202. The highest BCUT2D eigenvalue weighted by Crippen LogP contribution is 2.30. The van der Waals surface area contributed by atoms with Crippen LogP contribution in [0.3, 0.4) is 0 Å². The Morgan fingerprint density at radius 1 is 1.00 bits per heavy atom. The number of hydrogen-bond acceptors (Lipinski definition) is 4. The number of aryl methyl sites for hydroxylation is 1. The molecule has 6 heteroatoms. The average molecular weight is 363 g/mol. The number of nitrogens with zero attached hydrogens (tertiary/aromatic N) is 5. The molecule has 0 aliphatic heterocycles. The summed E-state index contributed by atoms with van der Waals surface area (Å²) in [6.45, 7) is 10.1. The van der Waals surface area contributed by atoms with Crippen LogP contribution >= 0.6 is 0 Å². The zero-order valence-corrected chi connectivity index (χ0v) is 16.4. The van der Waals surface area contributed by atoms with E-state index in [1.807, 2.05) is 69.9 Å². The Hall–Kier alpha value is -3.02. The molecule has 0 bridgehead atoms. The van der Waals surface area contributed by atoms with Crippen molar-refractivity contribution in [3.63, 3.8) is 0 Å². The summed E-state index contributed by atoms with van der Waals surface area (Å²) in [7, 11) is 0. The molecular formula is C21H25N5O. The van der Waals surface area contributed by atoms with Crippen molar-refractivity contribution in [2.75, 3.05) is 0 Å². The van der Waals surface area contributed by atoms with Crippen LogP contribution in [0, 0.1) is 6.92 Å². The number of hydrogen-bond donors (Lipinski definition) is 0. The molecule has 3 aromatic rings. The summed E-state index contributed by atoms with van der Waals surface area (Å²) in [5.41, 5.74) is 3.43. The molecule has 0 atom stereocenters. The molecule has 0 N–H and O–H groups in total. The van der Waals surface area contributed by atoms with Gasteiger partial charge in [0.05, 0.1) is 0 Å². The number of amides is 1. The van der Waals surface area contributed by atoms with Crippen molar-refractivity contribution in [2.24, 2.45) is 0 Å². The van der Waals surface area contributed by atoms with Gasteiger partial charge in [-0.3, -0.25) is 9.36 Å². The first-order valence-corrected chi connectivity index (χ1v) is 9.14. The highest BCUT2D eigenvalue weighted by atomic mass is 16.2. The van der Waals surface area contributed by atoms with Crippen molar-refractivity contribution in [2.45, 2.75) is 46.7 Å². The lowest BCUT2D eigenvalue weighted by molar-refractivity contribution is 0.0644. The topological polar surface area (TPSA) is 63.9 Å². The third-order valence-electron chi connectivity index (χ3n) is 4.46. The largest absolute Gasteiger partial charge is 0.334 e. The van der Waals surface area contributed by atoms with Gasteiger partial charge < -0.3 is 4.90 Å². The maximum Gasteiger partial charge on any atom is 0.254 e. The highest BCUT2D eigenvalue weighted by molar-refractivity contribution is 6.02. The summed E-state index contributed by atoms with van der Waals surface area (Å²) >= 11 is 0. The fraction of sp³-hybridized carbons (Fsp3) is 0.333. The first-order valence-electron chi connectivity index (χ1n) is 9.14. The lowest BCUT2D eigenvalue weighted by Crippen LogP contribution is -2.42. The minimum atomic E-state index is 0.0202. The van der Waals surface area contributed by atoms with Gasteiger partial charge in [-0.25, -0.2) is 4.98 Å². The van der Waals surface area contributed by atoms with Crippen LogP contribution in [-0.4, -0.2) is 42.6 Å². The third-order valence-corrected chi connectivity index (χ3v) is 4.46. The van der Waals surface area contributed by atoms with E-state index in [1.54, 1.807) is 23.4 Å². The van der Waals surface area contributed by atoms with E-state index in [4.69, 9.17) is 0 Å². The first kappa shape index (κ1) is 18.8. The van der Waals surface area contributed by atoms with Gasteiger partial charge in [0.1, 0.15) is 18.5 Å². The summed E-state index contributed by atoms with van der Waals surface area (Å²) in [5.74, 6) is 0.721. The molecule has 0 saturated carbocycles. The first-order chi connectivity index (χ1) is 12.9. The van der Waals surface area contributed by atoms with E-state index in [1.165, 1.54) is 0 Å². The number of carbonyl (C=O) groups excluding carboxylic acids is 1. The number of benzene rings is 1. The van der Waals surface area contributed by atoms with Crippen LogP contribution in [0.25, 0.3) is 16.9 Å². The average Bonchev–Trinajstić information content (AvgIpc) is 3.15. The van der Waals surface area contributed by atoms with Gasteiger partial charge in [0.25, 0.3) is 5.91 Å². The second-order valence-electron chi connectivity index (χ2n) is 7.20. The van der Waals surface area contributed by atoms with Gasteiger partial charge in [-0.2, -0.15) is 0 Å². The molecule has 6 nitrogen and oxygen atoms in total. The zero-order chi connectivity index (χ0) is 19.6. The van der Waals surface area contributed by atoms with Crippen molar-refractivity contribution >= 4 is 5.91 Å². The predicted octanol–water partition coefficient (Wildman–Crippen LogP) is 3.90. The number of rotatable bonds is 5. The Labute approximate surface area is 159 Å². The number of pyridine rings is 1. The van der Waals surface area contributed by atoms with Gasteiger partial charge in [-0.1, -0.05) is 18.2 Å². The summed E-state index contributed by atoms with van der Waals surface area (Å²) in [4.78, 5) is 19.9. The molecule has 2 heterocycles. The quantitative estimate of drug-likeness (QED) is 0.690. The van der Waals surface area contributed by atoms with Gasteiger partial charge in [0.2, 0.25) is 0 Å². The smallest absolute Gasteiger partial charge is 0.254 e. The molecule has 0 aliphatic rings. The molecule has 0 saturated heterocycles. The zero-order valence-electron chi connectivity index (χ0n) is 16.4. The lowest BCUT2D eigenvalue weighted by Gasteiger charge is -2.31. The van der Waals surface area contributed by atoms with Gasteiger partial charge in [0.15, 0.2) is 0 Å². The summed E-state index contributed by atoms with van der Waals surface area (Å²) in [6, 6.07) is 9.96. The van der Waals surface area contributed by atoms with Crippen LogP contribution in [0.5, 0.6) is 0 Å². The Bertz CT molecular complexity index is 924. The van der Waals surface area contributed by atoms with E-state index in [9.17, 15) is 4.79 Å². The molecule has 0 spiro atoms. The summed E-state index contributed by atoms with van der Waals surface area (Å²) < 4.78 is 1.76. The summed E-state index contributed by atoms with van der Waals surface area (Å²) in [6.07, 6.45) is 5.03. The minimum Gasteiger partial charge on any atom is -0.334 e. The van der Waals surface area contributed by atoms with Crippen LogP contribution in [0.15, 0.2) is 49.2 Å². The Kier molecular flexibility index (Phi) is 5.35. The van der Waals surface area contributed by atoms with Crippen LogP contribution < -0.4 is 0 Å². The molecule has 0 unspecified atom stereocenters. The monoisotopic (exact) mass is 363 g/mol. The van der Waals surface area contributed by atoms with Crippen LogP contribution in [0.2, 0.25) is 0 Å². The van der Waals surface area contributed by atoms with E-state index in [0.29, 0.717) is 11.4 Å². The SMILES string of the molecule is Cc1cnc(-n2cnnc2)c(-c2ccccc2C(=O)N(C(C)C)C(C)C)c1. The predicted molar refractivity (Wildman–Crippen MR) is 106 cm³/mol. The Balaban J connectivity index is 2.18. The van der Waals surface area contributed by atoms with Gasteiger partial charge in [-0.05, 0) is 57.9 Å². The third kappa shape index (κ3) is 3.74. The molecule has 0 fully saturated rings. The highest BCUT2D eigenvalue weighted by Gasteiger charge is 2.25. The fourth-order valence-corrected chi connectivity index (χ4v) is 3.38. The van der Waals surface area contributed by atoms with E-state index in [0.717, 1.165) is 16.7 Å². The second kappa shape index (κ2) is 7.70. The molecule has 1 aromatic carbocycles. The number of aromatic nitrogens is 4. The van der Waals surface area contributed by atoms with Gasteiger partial charge in [-0.15, -0.1) is 10.2 Å². The molecule has 3 rings (SSSR count). The maximum atomic E-state index is 13.4. The van der Waals surface area contributed by atoms with Crippen LogP contribution in [0.4, 0.5) is 0 Å². The van der Waals surface area contributed by atoms with E-state index >= 15 is 0 Å². The van der Waals surface area contributed by atoms with Crippen LogP contribution in [-0.2, 0) is 0 Å². The Morgan fingerprint density at radius 3 is 2.26 bits per heavy atom. The molecule has 2 aromatic heterocycles. The lowest BCUT2D eigenvalue weighted by atomic mass is 9.97. The normalized spacial score (nSPS) is 11.2. The molecule has 0 radical (unpaired) electrons. The standard InChI is InChI=1S/C21H25N5O/c1-14(2)26(15(3)4)21(27)18-9-7-6-8-17(18)19-10-16(5)11-22-20(19)25-12-23-24-13-25/h6-15H,1-5H3. The number of carbonyl (C=O) groups is 1. The van der Waals surface area contributed by atoms with E-state index < -0.39 is 0 Å². The second-order valence-corrected chi connectivity index (χ2v) is 7.20. The molecule has 0 aliphatic carbocycles. The fourth-order valence-electron chi connectivity index (χ4n) is 3.38.